The van der Waals surface area contributed by atoms with Gasteiger partial charge in [0.05, 0.1) is 21.5 Å². The SMILES string of the molecule is O=S1CCOC2=C1C=CCC=C2. The summed E-state index contributed by atoms with van der Waals surface area (Å²) in [7, 11) is -0.851. The molecular weight excluding hydrogens is 172 g/mol. The van der Waals surface area contributed by atoms with Crippen LogP contribution in [0.5, 0.6) is 0 Å². The third-order valence-corrected chi connectivity index (χ3v) is 3.19. The molecule has 1 atom stereocenters. The molecule has 0 aromatic rings. The van der Waals surface area contributed by atoms with Crippen molar-refractivity contribution in [3.05, 3.63) is 35.0 Å². The topological polar surface area (TPSA) is 26.3 Å². The normalized spacial score (nSPS) is 27.8. The van der Waals surface area contributed by atoms with Crippen LogP contribution in [0.2, 0.25) is 0 Å². The standard InChI is InChI=1S/C9H10O2S/c10-12-7-6-11-8-4-2-1-3-5-9(8)12/h2-5H,1,6-7H2. The first kappa shape index (κ1) is 7.80. The monoisotopic (exact) mass is 182 g/mol. The molecule has 0 fully saturated rings. The highest BCUT2D eigenvalue weighted by molar-refractivity contribution is 7.89. The van der Waals surface area contributed by atoms with E-state index >= 15 is 0 Å². The van der Waals surface area contributed by atoms with E-state index in [4.69, 9.17) is 4.74 Å². The summed E-state index contributed by atoms with van der Waals surface area (Å²) in [5, 5.41) is 0. The fourth-order valence-electron chi connectivity index (χ4n) is 1.24. The highest BCUT2D eigenvalue weighted by Gasteiger charge is 2.17. The Morgan fingerprint density at radius 2 is 2.17 bits per heavy atom. The van der Waals surface area contributed by atoms with Gasteiger partial charge >= 0.3 is 0 Å². The second-order valence-electron chi connectivity index (χ2n) is 2.67. The Bertz CT molecular complexity index is 300. The first-order chi connectivity index (χ1) is 5.88. The van der Waals surface area contributed by atoms with Gasteiger partial charge in [-0.15, -0.1) is 0 Å². The van der Waals surface area contributed by atoms with Crippen LogP contribution < -0.4 is 0 Å². The van der Waals surface area contributed by atoms with Gasteiger partial charge in [-0.3, -0.25) is 4.21 Å². The Hall–Kier alpha value is -0.830. The largest absolute Gasteiger partial charge is 0.491 e. The van der Waals surface area contributed by atoms with Crippen LogP contribution in [-0.2, 0) is 15.5 Å². The van der Waals surface area contributed by atoms with Gasteiger partial charge in [0.25, 0.3) is 0 Å². The minimum Gasteiger partial charge on any atom is -0.491 e. The Kier molecular flexibility index (Phi) is 2.13. The molecule has 0 amide bonds. The summed E-state index contributed by atoms with van der Waals surface area (Å²) < 4.78 is 16.9. The quantitative estimate of drug-likeness (QED) is 0.567. The summed E-state index contributed by atoms with van der Waals surface area (Å²) in [6, 6.07) is 0. The Labute approximate surface area is 74.1 Å². The molecule has 3 heteroatoms. The summed E-state index contributed by atoms with van der Waals surface area (Å²) in [5.41, 5.74) is 0. The first-order valence-electron chi connectivity index (χ1n) is 3.96. The highest BCUT2D eigenvalue weighted by Crippen LogP contribution is 2.21. The molecule has 64 valence electrons. The zero-order valence-corrected chi connectivity index (χ0v) is 7.47. The minimum absolute atomic E-state index is 0.573. The molecule has 0 saturated heterocycles. The van der Waals surface area contributed by atoms with Gasteiger partial charge in [-0.1, -0.05) is 12.2 Å². The van der Waals surface area contributed by atoms with E-state index in [9.17, 15) is 4.21 Å². The molecule has 1 unspecified atom stereocenters. The zero-order chi connectivity index (χ0) is 8.39. The van der Waals surface area contributed by atoms with Crippen LogP contribution in [0.15, 0.2) is 35.0 Å². The number of rotatable bonds is 0. The van der Waals surface area contributed by atoms with Crippen LogP contribution in [0.4, 0.5) is 0 Å². The van der Waals surface area contributed by atoms with Gasteiger partial charge in [0.15, 0.2) is 0 Å². The molecule has 0 saturated carbocycles. The smallest absolute Gasteiger partial charge is 0.135 e. The molecule has 0 N–H and O–H groups in total. The van der Waals surface area contributed by atoms with Crippen LogP contribution >= 0.6 is 0 Å². The van der Waals surface area contributed by atoms with Crippen molar-refractivity contribution in [1.82, 2.24) is 0 Å². The predicted octanol–water partition coefficient (Wildman–Crippen LogP) is 1.49. The molecule has 0 bridgehead atoms. The van der Waals surface area contributed by atoms with Gasteiger partial charge in [0, 0.05) is 0 Å². The zero-order valence-electron chi connectivity index (χ0n) is 6.66. The van der Waals surface area contributed by atoms with Crippen molar-refractivity contribution in [2.45, 2.75) is 6.42 Å². The lowest BCUT2D eigenvalue weighted by atomic mass is 10.4. The average molecular weight is 182 g/mol. The van der Waals surface area contributed by atoms with Gasteiger partial charge in [-0.05, 0) is 18.6 Å². The second kappa shape index (κ2) is 3.27. The fourth-order valence-corrected chi connectivity index (χ4v) is 2.29. The molecule has 2 aliphatic rings. The number of hydrogen-bond acceptors (Lipinski definition) is 2. The Balaban J connectivity index is 2.43. The molecule has 12 heavy (non-hydrogen) atoms. The van der Waals surface area contributed by atoms with Crippen molar-refractivity contribution in [3.63, 3.8) is 0 Å². The predicted molar refractivity (Wildman–Crippen MR) is 48.9 cm³/mol. The average Bonchev–Trinajstić information content (AvgIpc) is 2.30. The van der Waals surface area contributed by atoms with E-state index in [0.717, 1.165) is 17.1 Å². The molecule has 0 spiro atoms. The molecule has 1 heterocycles. The summed E-state index contributed by atoms with van der Waals surface area (Å²) >= 11 is 0. The van der Waals surface area contributed by atoms with Crippen LogP contribution in [0.25, 0.3) is 0 Å². The maximum atomic E-state index is 11.5. The molecule has 1 aliphatic heterocycles. The fraction of sp³-hybridized carbons (Fsp3) is 0.333. The third-order valence-electron chi connectivity index (χ3n) is 1.83. The Morgan fingerprint density at radius 3 is 3.08 bits per heavy atom. The van der Waals surface area contributed by atoms with Gasteiger partial charge in [-0.25, -0.2) is 0 Å². The van der Waals surface area contributed by atoms with E-state index in [0.29, 0.717) is 12.4 Å². The van der Waals surface area contributed by atoms with Crippen molar-refractivity contribution in [2.24, 2.45) is 0 Å². The number of allylic oxidation sites excluding steroid dienone is 4. The van der Waals surface area contributed by atoms with Gasteiger partial charge in [-0.2, -0.15) is 0 Å². The molecule has 2 nitrogen and oxygen atoms in total. The van der Waals surface area contributed by atoms with Crippen molar-refractivity contribution < 1.29 is 8.95 Å². The lowest BCUT2D eigenvalue weighted by molar-refractivity contribution is 0.240. The molecule has 0 aromatic carbocycles. The minimum atomic E-state index is -0.851. The maximum Gasteiger partial charge on any atom is 0.135 e. The van der Waals surface area contributed by atoms with Crippen LogP contribution in [-0.4, -0.2) is 16.6 Å². The molecule has 0 aromatic heterocycles. The lowest BCUT2D eigenvalue weighted by Crippen LogP contribution is -2.14. The number of hydrogen-bond donors (Lipinski definition) is 0. The van der Waals surface area contributed by atoms with Gasteiger partial charge in [0.2, 0.25) is 0 Å². The van der Waals surface area contributed by atoms with E-state index in [-0.39, 0.29) is 0 Å². The van der Waals surface area contributed by atoms with Crippen LogP contribution in [0.3, 0.4) is 0 Å². The number of ether oxygens (including phenoxy) is 1. The Morgan fingerprint density at radius 1 is 1.33 bits per heavy atom. The molecule has 2 rings (SSSR count). The summed E-state index contributed by atoms with van der Waals surface area (Å²) in [6.07, 6.45) is 8.73. The van der Waals surface area contributed by atoms with Crippen LogP contribution in [0, 0.1) is 0 Å². The van der Waals surface area contributed by atoms with Gasteiger partial charge < -0.3 is 4.74 Å². The lowest BCUT2D eigenvalue weighted by Gasteiger charge is -2.15. The van der Waals surface area contributed by atoms with Crippen molar-refractivity contribution in [3.8, 4) is 0 Å². The van der Waals surface area contributed by atoms with Gasteiger partial charge in [0.1, 0.15) is 12.4 Å². The van der Waals surface area contributed by atoms with Crippen LogP contribution in [0.1, 0.15) is 6.42 Å². The van der Waals surface area contributed by atoms with E-state index in [1.165, 1.54) is 0 Å². The first-order valence-corrected chi connectivity index (χ1v) is 5.28. The van der Waals surface area contributed by atoms with Crippen molar-refractivity contribution >= 4 is 10.8 Å². The molecular formula is C9H10O2S. The third kappa shape index (κ3) is 1.37. The summed E-state index contributed by atoms with van der Waals surface area (Å²) in [5.74, 6) is 1.41. The molecule has 0 radical (unpaired) electrons. The maximum absolute atomic E-state index is 11.5. The summed E-state index contributed by atoms with van der Waals surface area (Å²) in [4.78, 5) is 0.843. The van der Waals surface area contributed by atoms with E-state index in [2.05, 4.69) is 0 Å². The summed E-state index contributed by atoms with van der Waals surface area (Å²) in [6.45, 7) is 0.573. The van der Waals surface area contributed by atoms with Crippen molar-refractivity contribution in [2.75, 3.05) is 12.4 Å². The second-order valence-corrected chi connectivity index (χ2v) is 4.21. The molecule has 1 aliphatic carbocycles. The van der Waals surface area contributed by atoms with Crippen molar-refractivity contribution in [1.29, 1.82) is 0 Å². The van der Waals surface area contributed by atoms with E-state index < -0.39 is 10.8 Å². The van der Waals surface area contributed by atoms with E-state index in [1.807, 2.05) is 24.3 Å². The van der Waals surface area contributed by atoms with E-state index in [1.54, 1.807) is 0 Å². The highest BCUT2D eigenvalue weighted by atomic mass is 32.2.